The molecule has 2 rings (SSSR count). The minimum atomic E-state index is 0.187. The average molecular weight is 350 g/mol. The van der Waals surface area contributed by atoms with Crippen LogP contribution in [0.4, 0.5) is 0 Å². The highest BCUT2D eigenvalue weighted by atomic mass is 79.9. The summed E-state index contributed by atoms with van der Waals surface area (Å²) in [7, 11) is 1.64. The Morgan fingerprint density at radius 1 is 1.10 bits per heavy atom. The van der Waals surface area contributed by atoms with Crippen LogP contribution in [0.1, 0.15) is 18.9 Å². The van der Waals surface area contributed by atoms with E-state index in [0.29, 0.717) is 0 Å². The summed E-state index contributed by atoms with van der Waals surface area (Å²) < 4.78 is 12.1. The number of nitrogens with two attached hydrogens (primary N) is 1. The molecule has 3 nitrogen and oxygen atoms in total. The van der Waals surface area contributed by atoms with Crippen LogP contribution < -0.4 is 15.2 Å². The van der Waals surface area contributed by atoms with Gasteiger partial charge < -0.3 is 15.2 Å². The minimum Gasteiger partial charge on any atom is -0.497 e. The number of hydrogen-bond acceptors (Lipinski definition) is 3. The van der Waals surface area contributed by atoms with Crippen molar-refractivity contribution < 1.29 is 9.47 Å². The van der Waals surface area contributed by atoms with Gasteiger partial charge in [-0.15, -0.1) is 0 Å². The molecule has 0 amide bonds. The smallest absolute Gasteiger partial charge is 0.131 e. The third kappa shape index (κ3) is 4.48. The highest BCUT2D eigenvalue weighted by Crippen LogP contribution is 2.29. The molecule has 2 aromatic rings. The first kappa shape index (κ1) is 15.9. The monoisotopic (exact) mass is 349 g/mol. The Kier molecular flexibility index (Phi) is 5.65. The SMILES string of the molecule is CCC(N)Cc1ccc(Oc2cccc(OC)c2)cc1Br. The molecule has 4 heteroatoms. The molecule has 2 aromatic carbocycles. The molecule has 0 heterocycles. The van der Waals surface area contributed by atoms with Crippen molar-refractivity contribution in [3.05, 3.63) is 52.5 Å². The van der Waals surface area contributed by atoms with Crippen molar-refractivity contribution in [1.82, 2.24) is 0 Å². The number of rotatable bonds is 6. The molecular weight excluding hydrogens is 330 g/mol. The molecule has 0 aromatic heterocycles. The van der Waals surface area contributed by atoms with Gasteiger partial charge in [-0.05, 0) is 42.7 Å². The van der Waals surface area contributed by atoms with Crippen LogP contribution in [0.3, 0.4) is 0 Å². The molecule has 0 radical (unpaired) electrons. The summed E-state index contributed by atoms with van der Waals surface area (Å²) in [6, 6.07) is 13.7. The second-order valence-electron chi connectivity index (χ2n) is 4.91. The van der Waals surface area contributed by atoms with Gasteiger partial charge in [0.05, 0.1) is 7.11 Å². The summed E-state index contributed by atoms with van der Waals surface area (Å²) in [5.74, 6) is 2.31. The van der Waals surface area contributed by atoms with Crippen LogP contribution in [0.5, 0.6) is 17.2 Å². The highest BCUT2D eigenvalue weighted by molar-refractivity contribution is 9.10. The Morgan fingerprint density at radius 2 is 1.81 bits per heavy atom. The molecule has 0 spiro atoms. The Bertz CT molecular complexity index is 601. The van der Waals surface area contributed by atoms with Crippen LogP contribution >= 0.6 is 15.9 Å². The van der Waals surface area contributed by atoms with Gasteiger partial charge in [0.1, 0.15) is 17.2 Å². The molecule has 0 fully saturated rings. The van der Waals surface area contributed by atoms with Gasteiger partial charge in [0.25, 0.3) is 0 Å². The molecule has 0 bridgehead atoms. The lowest BCUT2D eigenvalue weighted by Gasteiger charge is -2.12. The molecule has 1 unspecified atom stereocenters. The maximum Gasteiger partial charge on any atom is 0.131 e. The first-order valence-corrected chi connectivity index (χ1v) is 7.77. The number of methoxy groups -OCH3 is 1. The lowest BCUT2D eigenvalue weighted by Crippen LogP contribution is -2.21. The topological polar surface area (TPSA) is 44.5 Å². The maximum absolute atomic E-state index is 6.00. The molecule has 0 saturated carbocycles. The summed E-state index contributed by atoms with van der Waals surface area (Å²) in [6.45, 7) is 2.10. The van der Waals surface area contributed by atoms with Crippen LogP contribution in [0.25, 0.3) is 0 Å². The second-order valence-corrected chi connectivity index (χ2v) is 5.76. The van der Waals surface area contributed by atoms with E-state index in [2.05, 4.69) is 28.9 Å². The zero-order chi connectivity index (χ0) is 15.2. The zero-order valence-corrected chi connectivity index (χ0v) is 13.9. The minimum absolute atomic E-state index is 0.187. The van der Waals surface area contributed by atoms with Gasteiger partial charge >= 0.3 is 0 Å². The molecule has 0 aliphatic carbocycles. The van der Waals surface area contributed by atoms with E-state index in [1.807, 2.05) is 36.4 Å². The van der Waals surface area contributed by atoms with Crippen molar-refractivity contribution in [2.45, 2.75) is 25.8 Å². The van der Waals surface area contributed by atoms with Gasteiger partial charge in [0.2, 0.25) is 0 Å². The molecule has 1 atom stereocenters. The van der Waals surface area contributed by atoms with Crippen LogP contribution in [-0.2, 0) is 6.42 Å². The van der Waals surface area contributed by atoms with Gasteiger partial charge in [-0.25, -0.2) is 0 Å². The summed E-state index contributed by atoms with van der Waals surface area (Å²) in [5, 5.41) is 0. The van der Waals surface area contributed by atoms with E-state index in [1.165, 1.54) is 5.56 Å². The molecule has 0 aliphatic heterocycles. The fraction of sp³-hybridized carbons (Fsp3) is 0.294. The first-order valence-electron chi connectivity index (χ1n) is 6.98. The third-order valence-electron chi connectivity index (χ3n) is 3.31. The van der Waals surface area contributed by atoms with Gasteiger partial charge in [-0.3, -0.25) is 0 Å². The number of hydrogen-bond donors (Lipinski definition) is 1. The van der Waals surface area contributed by atoms with E-state index in [0.717, 1.165) is 34.6 Å². The van der Waals surface area contributed by atoms with Crippen molar-refractivity contribution in [2.75, 3.05) is 7.11 Å². The maximum atomic E-state index is 6.00. The lowest BCUT2D eigenvalue weighted by molar-refractivity contribution is 0.409. The zero-order valence-electron chi connectivity index (χ0n) is 12.3. The largest absolute Gasteiger partial charge is 0.497 e. The molecule has 21 heavy (non-hydrogen) atoms. The van der Waals surface area contributed by atoms with Crippen molar-refractivity contribution >= 4 is 15.9 Å². The Labute approximate surface area is 134 Å². The summed E-state index contributed by atoms with van der Waals surface area (Å²) >= 11 is 3.59. The molecule has 0 saturated heterocycles. The predicted octanol–water partition coefficient (Wildman–Crippen LogP) is 4.53. The number of halogens is 1. The molecule has 0 aliphatic rings. The normalized spacial score (nSPS) is 12.0. The van der Waals surface area contributed by atoms with E-state index in [9.17, 15) is 0 Å². The molecule has 2 N–H and O–H groups in total. The van der Waals surface area contributed by atoms with Crippen LogP contribution in [0.2, 0.25) is 0 Å². The Hall–Kier alpha value is -1.52. The van der Waals surface area contributed by atoms with E-state index in [1.54, 1.807) is 7.11 Å². The molecular formula is C17H20BrNO2. The van der Waals surface area contributed by atoms with Gasteiger partial charge in [-0.2, -0.15) is 0 Å². The van der Waals surface area contributed by atoms with Crippen molar-refractivity contribution in [2.24, 2.45) is 5.73 Å². The van der Waals surface area contributed by atoms with Crippen LogP contribution in [0, 0.1) is 0 Å². The van der Waals surface area contributed by atoms with E-state index >= 15 is 0 Å². The Balaban J connectivity index is 2.12. The second kappa shape index (κ2) is 7.48. The summed E-state index contributed by atoms with van der Waals surface area (Å²) in [4.78, 5) is 0. The van der Waals surface area contributed by atoms with Gasteiger partial charge in [0.15, 0.2) is 0 Å². The average Bonchev–Trinajstić information content (AvgIpc) is 2.50. The standard InChI is InChI=1S/C17H20BrNO2/c1-3-13(19)9-12-7-8-16(11-17(12)18)21-15-6-4-5-14(10-15)20-2/h4-8,10-11,13H,3,9,19H2,1-2H3. The fourth-order valence-electron chi connectivity index (χ4n) is 1.98. The van der Waals surface area contributed by atoms with E-state index in [4.69, 9.17) is 15.2 Å². The first-order chi connectivity index (χ1) is 10.1. The van der Waals surface area contributed by atoms with Crippen LogP contribution in [0.15, 0.2) is 46.9 Å². The number of benzene rings is 2. The van der Waals surface area contributed by atoms with Crippen LogP contribution in [-0.4, -0.2) is 13.2 Å². The van der Waals surface area contributed by atoms with E-state index in [-0.39, 0.29) is 6.04 Å². The quantitative estimate of drug-likeness (QED) is 0.833. The highest BCUT2D eigenvalue weighted by Gasteiger charge is 2.07. The predicted molar refractivity (Wildman–Crippen MR) is 89.2 cm³/mol. The third-order valence-corrected chi connectivity index (χ3v) is 4.05. The summed E-state index contributed by atoms with van der Waals surface area (Å²) in [5.41, 5.74) is 7.20. The van der Waals surface area contributed by atoms with Gasteiger partial charge in [0, 0.05) is 16.6 Å². The summed E-state index contributed by atoms with van der Waals surface area (Å²) in [6.07, 6.45) is 1.82. The van der Waals surface area contributed by atoms with Crippen molar-refractivity contribution in [3.8, 4) is 17.2 Å². The number of ether oxygens (including phenoxy) is 2. The fourth-order valence-corrected chi connectivity index (χ4v) is 2.50. The van der Waals surface area contributed by atoms with Gasteiger partial charge in [-0.1, -0.05) is 35.0 Å². The van der Waals surface area contributed by atoms with Crippen molar-refractivity contribution in [3.63, 3.8) is 0 Å². The van der Waals surface area contributed by atoms with Crippen molar-refractivity contribution in [1.29, 1.82) is 0 Å². The molecule has 112 valence electrons. The Morgan fingerprint density at radius 3 is 2.48 bits per heavy atom. The lowest BCUT2D eigenvalue weighted by atomic mass is 10.0. The van der Waals surface area contributed by atoms with E-state index < -0.39 is 0 Å².